The third-order valence-corrected chi connectivity index (χ3v) is 7.69. The molecule has 0 unspecified atom stereocenters. The molecule has 0 aromatic carbocycles. The topological polar surface area (TPSA) is 199 Å². The van der Waals surface area contributed by atoms with Crippen molar-refractivity contribution in [1.29, 1.82) is 5.41 Å². The molecule has 0 heterocycles. The molecule has 0 aromatic rings. The Morgan fingerprint density at radius 3 is 1.88 bits per heavy atom. The maximum Gasteiger partial charge on any atom is 0.252 e. The lowest BCUT2D eigenvalue weighted by molar-refractivity contribution is -0.139. The standard InChI is InChI=1S/C38H61N7O6S/c1-6-7-8-9-10-11-12-13-14-15-16-17-18-19-20-21-22-23-24-25-33(48)52-30-42-31(46)26-27-41-35(50)34(49)38(2,3)29-51-28-32(47)43-36(39)44-37(40)45(4)5/h7-8,10-11,13-14,16-17,19-20,22-23,34,49H,6,9,12,15,18,21,24-30H2,1-5H3,(H,41,50)(H,42,46)(H4,39,40,43,44,47)/b8-7-,11-10-,14-13-,17-16-,20-19-,23-22-/t34-/m0/s1. The summed E-state index contributed by atoms with van der Waals surface area (Å²) in [6, 6.07) is 0. The van der Waals surface area contributed by atoms with Crippen LogP contribution in [0.4, 0.5) is 0 Å². The van der Waals surface area contributed by atoms with Crippen LogP contribution in [-0.4, -0.2) is 90.6 Å². The Morgan fingerprint density at radius 1 is 0.846 bits per heavy atom. The maximum absolute atomic E-state index is 12.4. The van der Waals surface area contributed by atoms with Gasteiger partial charge in [0.05, 0.1) is 12.5 Å². The molecule has 0 saturated carbocycles. The minimum Gasteiger partial charge on any atom is -0.383 e. The highest BCUT2D eigenvalue weighted by Crippen LogP contribution is 2.21. The van der Waals surface area contributed by atoms with Gasteiger partial charge in [-0.25, -0.2) is 0 Å². The number of hydrogen-bond acceptors (Lipinski definition) is 8. The number of ether oxygens (including phenoxy) is 1. The van der Waals surface area contributed by atoms with Crippen LogP contribution in [0.5, 0.6) is 0 Å². The molecule has 1 atom stereocenters. The van der Waals surface area contributed by atoms with Crippen molar-refractivity contribution in [2.24, 2.45) is 16.1 Å². The lowest BCUT2D eigenvalue weighted by Crippen LogP contribution is -2.47. The van der Waals surface area contributed by atoms with Crippen LogP contribution >= 0.6 is 11.8 Å². The molecule has 0 aromatic heterocycles. The highest BCUT2D eigenvalue weighted by Gasteiger charge is 2.34. The number of amides is 3. The van der Waals surface area contributed by atoms with Gasteiger partial charge in [0.15, 0.2) is 5.12 Å². The average molecular weight is 744 g/mol. The van der Waals surface area contributed by atoms with E-state index in [9.17, 15) is 24.3 Å². The van der Waals surface area contributed by atoms with E-state index >= 15 is 0 Å². The number of aliphatic hydroxyl groups excluding tert-OH is 1. The number of nitrogens with one attached hydrogen (secondary N) is 4. The molecule has 52 heavy (non-hydrogen) atoms. The van der Waals surface area contributed by atoms with Gasteiger partial charge in [-0.3, -0.25) is 29.9 Å². The van der Waals surface area contributed by atoms with E-state index in [1.807, 2.05) is 12.2 Å². The number of nitrogens with zero attached hydrogens (tertiary/aromatic N) is 2. The average Bonchev–Trinajstić information content (AvgIpc) is 3.08. The van der Waals surface area contributed by atoms with Crippen LogP contribution in [0.3, 0.4) is 0 Å². The first kappa shape index (κ1) is 47.7. The Kier molecular flexibility index (Phi) is 27.9. The van der Waals surface area contributed by atoms with Crippen molar-refractivity contribution in [2.75, 3.05) is 39.7 Å². The lowest BCUT2D eigenvalue weighted by atomic mass is 9.87. The van der Waals surface area contributed by atoms with Crippen LogP contribution in [-0.2, 0) is 23.9 Å². The molecule has 14 heteroatoms. The monoisotopic (exact) mass is 743 g/mol. The van der Waals surface area contributed by atoms with E-state index in [2.05, 4.69) is 88.6 Å². The fourth-order valence-corrected chi connectivity index (χ4v) is 4.51. The van der Waals surface area contributed by atoms with Gasteiger partial charge >= 0.3 is 0 Å². The van der Waals surface area contributed by atoms with Crippen molar-refractivity contribution < 1.29 is 29.0 Å². The number of thioether (sulfide) groups is 1. The molecule has 7 N–H and O–H groups in total. The van der Waals surface area contributed by atoms with E-state index in [-0.39, 0.29) is 48.4 Å². The van der Waals surface area contributed by atoms with Crippen LogP contribution in [0.25, 0.3) is 0 Å². The molecule has 3 amide bonds. The summed E-state index contributed by atoms with van der Waals surface area (Å²) >= 11 is 1.03. The second kappa shape index (κ2) is 30.4. The van der Waals surface area contributed by atoms with Gasteiger partial charge in [-0.05, 0) is 44.9 Å². The molecule has 0 fully saturated rings. The second-order valence-electron chi connectivity index (χ2n) is 12.4. The molecule has 0 aliphatic carbocycles. The lowest BCUT2D eigenvalue weighted by Gasteiger charge is -2.29. The summed E-state index contributed by atoms with van der Waals surface area (Å²) in [4.78, 5) is 53.8. The fraction of sp³-hybridized carbons (Fsp3) is 0.526. The summed E-state index contributed by atoms with van der Waals surface area (Å²) in [5.41, 5.74) is 4.53. The van der Waals surface area contributed by atoms with Gasteiger partial charge in [0, 0.05) is 38.9 Å². The van der Waals surface area contributed by atoms with Gasteiger partial charge in [-0.1, -0.05) is 105 Å². The zero-order chi connectivity index (χ0) is 39.0. The van der Waals surface area contributed by atoms with Crippen LogP contribution in [0.2, 0.25) is 0 Å². The van der Waals surface area contributed by atoms with Crippen molar-refractivity contribution in [3.8, 4) is 0 Å². The van der Waals surface area contributed by atoms with Gasteiger partial charge in [-0.2, -0.15) is 4.99 Å². The predicted molar refractivity (Wildman–Crippen MR) is 212 cm³/mol. The molecule has 0 aliphatic rings. The third-order valence-electron chi connectivity index (χ3n) is 6.88. The van der Waals surface area contributed by atoms with E-state index in [4.69, 9.17) is 15.9 Å². The Balaban J connectivity index is 4.04. The molecule has 0 rings (SSSR count). The number of carbonyl (C=O) groups is 4. The Bertz CT molecular complexity index is 1300. The summed E-state index contributed by atoms with van der Waals surface area (Å²) in [6.45, 7) is 4.76. The van der Waals surface area contributed by atoms with E-state index in [0.717, 1.165) is 50.3 Å². The predicted octanol–water partition coefficient (Wildman–Crippen LogP) is 4.64. The Hall–Kier alpha value is -4.27. The minimum absolute atomic E-state index is 0.0110. The maximum atomic E-state index is 12.4. The number of hydrogen-bond donors (Lipinski definition) is 6. The summed E-state index contributed by atoms with van der Waals surface area (Å²) in [7, 11) is 3.20. The van der Waals surface area contributed by atoms with Crippen molar-refractivity contribution in [3.63, 3.8) is 0 Å². The number of aliphatic hydroxyl groups is 1. The van der Waals surface area contributed by atoms with Gasteiger partial charge in [0.1, 0.15) is 12.7 Å². The normalized spacial score (nSPS) is 13.2. The zero-order valence-corrected chi connectivity index (χ0v) is 32.4. The number of carbonyl (C=O) groups excluding carboxylic acids is 4. The molecule has 0 spiro atoms. The van der Waals surface area contributed by atoms with Crippen LogP contribution in [0.1, 0.15) is 78.6 Å². The van der Waals surface area contributed by atoms with Crippen LogP contribution < -0.4 is 21.7 Å². The van der Waals surface area contributed by atoms with E-state index < -0.39 is 29.9 Å². The van der Waals surface area contributed by atoms with E-state index in [1.54, 1.807) is 27.9 Å². The number of allylic oxidation sites excluding steroid dienone is 12. The highest BCUT2D eigenvalue weighted by molar-refractivity contribution is 8.13. The molecule has 0 bridgehead atoms. The van der Waals surface area contributed by atoms with E-state index in [1.165, 1.54) is 4.90 Å². The number of guanidine groups is 2. The smallest absolute Gasteiger partial charge is 0.252 e. The highest BCUT2D eigenvalue weighted by atomic mass is 32.2. The first-order valence-electron chi connectivity index (χ1n) is 17.6. The minimum atomic E-state index is -1.47. The molecular weight excluding hydrogens is 683 g/mol. The summed E-state index contributed by atoms with van der Waals surface area (Å²) in [5.74, 6) is -1.93. The molecule has 0 saturated heterocycles. The Labute approximate surface area is 314 Å². The van der Waals surface area contributed by atoms with Crippen molar-refractivity contribution in [1.82, 2.24) is 20.9 Å². The molecule has 13 nitrogen and oxygen atoms in total. The van der Waals surface area contributed by atoms with Crippen molar-refractivity contribution >= 4 is 46.5 Å². The van der Waals surface area contributed by atoms with E-state index in [0.29, 0.717) is 12.8 Å². The number of aliphatic imine (C=N–C) groups is 1. The molecule has 290 valence electrons. The Morgan fingerprint density at radius 2 is 1.37 bits per heavy atom. The molecule has 0 aliphatic heterocycles. The van der Waals surface area contributed by atoms with Crippen LogP contribution in [0, 0.1) is 10.8 Å². The summed E-state index contributed by atoms with van der Waals surface area (Å²) < 4.78 is 5.34. The fourth-order valence-electron chi connectivity index (χ4n) is 3.86. The van der Waals surface area contributed by atoms with Crippen molar-refractivity contribution in [2.45, 2.75) is 84.7 Å². The molecule has 0 radical (unpaired) electrons. The largest absolute Gasteiger partial charge is 0.383 e. The zero-order valence-electron chi connectivity index (χ0n) is 31.6. The first-order valence-corrected chi connectivity index (χ1v) is 18.5. The number of rotatable bonds is 25. The molecular formula is C38H61N7O6S. The van der Waals surface area contributed by atoms with Crippen molar-refractivity contribution in [3.05, 3.63) is 72.9 Å². The summed E-state index contributed by atoms with van der Waals surface area (Å²) in [5, 5.41) is 25.5. The number of nitrogens with two attached hydrogens (primary N) is 1. The third kappa shape index (κ3) is 27.5. The second-order valence-corrected chi connectivity index (χ2v) is 13.4. The van der Waals surface area contributed by atoms with Crippen LogP contribution in [0.15, 0.2) is 77.9 Å². The summed E-state index contributed by atoms with van der Waals surface area (Å²) in [6.07, 6.45) is 30.8. The SMILES string of the molecule is CC/C=C\C/C=C\C/C=C\C/C=C\C/C=C\C/C=C\CCC(=O)SCNC(=O)CCNC(=O)[C@H](O)C(C)(C)COCC(=O)N/C(N)=N/C(=N)N(C)C. The quantitative estimate of drug-likeness (QED) is 0.0334. The first-order chi connectivity index (χ1) is 24.8. The van der Waals surface area contributed by atoms with Gasteiger partial charge in [0.2, 0.25) is 23.7 Å². The van der Waals surface area contributed by atoms with Gasteiger partial charge in [0.25, 0.3) is 5.91 Å². The van der Waals surface area contributed by atoms with Gasteiger partial charge in [-0.15, -0.1) is 0 Å². The van der Waals surface area contributed by atoms with Gasteiger partial charge < -0.3 is 31.1 Å².